The molecule has 0 saturated heterocycles. The van der Waals surface area contributed by atoms with Crippen molar-refractivity contribution in [1.82, 2.24) is 4.98 Å². The summed E-state index contributed by atoms with van der Waals surface area (Å²) < 4.78 is 5.69. The van der Waals surface area contributed by atoms with E-state index in [-0.39, 0.29) is 5.84 Å². The average Bonchev–Trinajstić information content (AvgIpc) is 2.39. The van der Waals surface area contributed by atoms with E-state index in [1.165, 1.54) is 0 Å². The molecule has 0 saturated carbocycles. The lowest BCUT2D eigenvalue weighted by Crippen LogP contribution is -2.13. The summed E-state index contributed by atoms with van der Waals surface area (Å²) in [5.41, 5.74) is 7.89. The molecule has 0 fully saturated rings. The standard InChI is InChI=1S/C15H19N3O/c1-3-4-7-19-11-5-6-13-12(9-11)10(2)8-14(18-13)15(16)17/h5-6,8-9H,3-4,7H2,1-2H3,(H3,16,17). The fourth-order valence-corrected chi connectivity index (χ4v) is 1.94. The Morgan fingerprint density at radius 2 is 2.16 bits per heavy atom. The van der Waals surface area contributed by atoms with Gasteiger partial charge in [-0.05, 0) is 43.2 Å². The molecule has 0 aliphatic carbocycles. The first-order chi connectivity index (χ1) is 9.11. The van der Waals surface area contributed by atoms with Crippen molar-refractivity contribution in [2.24, 2.45) is 5.73 Å². The highest BCUT2D eigenvalue weighted by atomic mass is 16.5. The van der Waals surface area contributed by atoms with E-state index in [2.05, 4.69) is 11.9 Å². The van der Waals surface area contributed by atoms with E-state index in [1.807, 2.05) is 31.2 Å². The van der Waals surface area contributed by atoms with Crippen molar-refractivity contribution < 1.29 is 4.74 Å². The quantitative estimate of drug-likeness (QED) is 0.491. The number of amidine groups is 1. The Balaban J connectivity index is 2.35. The van der Waals surface area contributed by atoms with Crippen LogP contribution in [-0.2, 0) is 0 Å². The number of fused-ring (bicyclic) bond motifs is 1. The topological polar surface area (TPSA) is 72.0 Å². The van der Waals surface area contributed by atoms with Crippen LogP contribution in [0.3, 0.4) is 0 Å². The number of rotatable bonds is 5. The molecule has 0 unspecified atom stereocenters. The molecule has 4 nitrogen and oxygen atoms in total. The summed E-state index contributed by atoms with van der Waals surface area (Å²) in [5, 5.41) is 8.49. The van der Waals surface area contributed by atoms with E-state index in [4.69, 9.17) is 15.9 Å². The molecule has 0 radical (unpaired) electrons. The normalized spacial score (nSPS) is 10.6. The monoisotopic (exact) mass is 257 g/mol. The molecule has 3 N–H and O–H groups in total. The Morgan fingerprint density at radius 1 is 1.37 bits per heavy atom. The molecule has 0 amide bonds. The number of benzene rings is 1. The molecule has 19 heavy (non-hydrogen) atoms. The second-order valence-electron chi connectivity index (χ2n) is 4.62. The zero-order chi connectivity index (χ0) is 13.8. The summed E-state index contributed by atoms with van der Waals surface area (Å²) in [6.07, 6.45) is 2.18. The number of aromatic nitrogens is 1. The Labute approximate surface area is 113 Å². The van der Waals surface area contributed by atoms with Crippen LogP contribution in [0.5, 0.6) is 5.75 Å². The van der Waals surface area contributed by atoms with E-state index in [9.17, 15) is 0 Å². The third-order valence-corrected chi connectivity index (χ3v) is 3.03. The van der Waals surface area contributed by atoms with E-state index < -0.39 is 0 Å². The number of pyridine rings is 1. The van der Waals surface area contributed by atoms with E-state index >= 15 is 0 Å². The van der Waals surface area contributed by atoms with Crippen molar-refractivity contribution in [1.29, 1.82) is 5.41 Å². The average molecular weight is 257 g/mol. The van der Waals surface area contributed by atoms with Gasteiger partial charge in [0.1, 0.15) is 17.3 Å². The summed E-state index contributed by atoms with van der Waals surface area (Å²) >= 11 is 0. The van der Waals surface area contributed by atoms with E-state index in [0.29, 0.717) is 5.69 Å². The molecule has 1 heterocycles. The molecule has 0 aliphatic heterocycles. The lowest BCUT2D eigenvalue weighted by atomic mass is 10.1. The van der Waals surface area contributed by atoms with Crippen LogP contribution in [0.4, 0.5) is 0 Å². The van der Waals surface area contributed by atoms with Gasteiger partial charge in [0.05, 0.1) is 12.1 Å². The van der Waals surface area contributed by atoms with Gasteiger partial charge < -0.3 is 10.5 Å². The van der Waals surface area contributed by atoms with Crippen LogP contribution < -0.4 is 10.5 Å². The number of unbranched alkanes of at least 4 members (excludes halogenated alkanes) is 1. The third-order valence-electron chi connectivity index (χ3n) is 3.03. The minimum atomic E-state index is -0.00623. The van der Waals surface area contributed by atoms with Gasteiger partial charge in [0, 0.05) is 5.39 Å². The lowest BCUT2D eigenvalue weighted by molar-refractivity contribution is 0.310. The highest BCUT2D eigenvalue weighted by molar-refractivity contribution is 5.96. The molecular formula is C15H19N3O. The van der Waals surface area contributed by atoms with Crippen molar-refractivity contribution in [2.45, 2.75) is 26.7 Å². The summed E-state index contributed by atoms with van der Waals surface area (Å²) in [4.78, 5) is 4.37. The first-order valence-electron chi connectivity index (χ1n) is 6.50. The minimum absolute atomic E-state index is 0.00623. The molecule has 0 bridgehead atoms. The van der Waals surface area contributed by atoms with E-state index in [0.717, 1.165) is 41.7 Å². The highest BCUT2D eigenvalue weighted by Gasteiger charge is 2.06. The zero-order valence-corrected chi connectivity index (χ0v) is 11.4. The number of nitrogens with zero attached hydrogens (tertiary/aromatic N) is 1. The zero-order valence-electron chi connectivity index (χ0n) is 11.4. The van der Waals surface area contributed by atoms with Crippen molar-refractivity contribution >= 4 is 16.7 Å². The number of nitrogens with two attached hydrogens (primary N) is 1. The summed E-state index contributed by atoms with van der Waals surface area (Å²) in [6.45, 7) is 4.87. The first kappa shape index (κ1) is 13.3. The molecule has 0 spiro atoms. The predicted molar refractivity (Wildman–Crippen MR) is 77.9 cm³/mol. The van der Waals surface area contributed by atoms with Gasteiger partial charge in [0.15, 0.2) is 0 Å². The van der Waals surface area contributed by atoms with Gasteiger partial charge >= 0.3 is 0 Å². The number of ether oxygens (including phenoxy) is 1. The van der Waals surface area contributed by atoms with Crippen LogP contribution in [0.25, 0.3) is 10.9 Å². The summed E-state index contributed by atoms with van der Waals surface area (Å²) in [6, 6.07) is 7.65. The SMILES string of the molecule is CCCCOc1ccc2nc(C(=N)N)cc(C)c2c1. The Kier molecular flexibility index (Phi) is 4.00. The number of nitrogens with one attached hydrogen (secondary N) is 1. The lowest BCUT2D eigenvalue weighted by Gasteiger charge is -2.09. The highest BCUT2D eigenvalue weighted by Crippen LogP contribution is 2.23. The van der Waals surface area contributed by atoms with Crippen LogP contribution in [0.15, 0.2) is 24.3 Å². The largest absolute Gasteiger partial charge is 0.494 e. The summed E-state index contributed by atoms with van der Waals surface area (Å²) in [7, 11) is 0. The molecule has 1 aromatic carbocycles. The Morgan fingerprint density at radius 3 is 2.84 bits per heavy atom. The number of hydrogen-bond acceptors (Lipinski definition) is 3. The fraction of sp³-hybridized carbons (Fsp3) is 0.333. The first-order valence-corrected chi connectivity index (χ1v) is 6.50. The second kappa shape index (κ2) is 5.69. The van der Waals surface area contributed by atoms with Gasteiger partial charge in [-0.1, -0.05) is 13.3 Å². The fourth-order valence-electron chi connectivity index (χ4n) is 1.94. The molecule has 100 valence electrons. The number of hydrogen-bond donors (Lipinski definition) is 2. The Bertz CT molecular complexity index is 608. The Hall–Kier alpha value is -2.10. The molecule has 2 rings (SSSR count). The van der Waals surface area contributed by atoms with Crippen LogP contribution in [-0.4, -0.2) is 17.4 Å². The molecule has 0 atom stereocenters. The van der Waals surface area contributed by atoms with Gasteiger partial charge in [-0.3, -0.25) is 5.41 Å². The number of nitrogen functional groups attached to an aromatic ring is 1. The maximum atomic E-state index is 7.45. The van der Waals surface area contributed by atoms with Crippen molar-refractivity contribution in [3.8, 4) is 5.75 Å². The van der Waals surface area contributed by atoms with Crippen molar-refractivity contribution in [2.75, 3.05) is 6.61 Å². The molecule has 1 aromatic heterocycles. The second-order valence-corrected chi connectivity index (χ2v) is 4.62. The van der Waals surface area contributed by atoms with Gasteiger partial charge in [-0.2, -0.15) is 0 Å². The maximum Gasteiger partial charge on any atom is 0.141 e. The molecule has 2 aromatic rings. The van der Waals surface area contributed by atoms with Crippen LogP contribution in [0.2, 0.25) is 0 Å². The van der Waals surface area contributed by atoms with Gasteiger partial charge in [-0.15, -0.1) is 0 Å². The van der Waals surface area contributed by atoms with Gasteiger partial charge in [-0.25, -0.2) is 4.98 Å². The van der Waals surface area contributed by atoms with Crippen molar-refractivity contribution in [3.05, 3.63) is 35.5 Å². The van der Waals surface area contributed by atoms with Gasteiger partial charge in [0.2, 0.25) is 0 Å². The molecule has 4 heteroatoms. The van der Waals surface area contributed by atoms with E-state index in [1.54, 1.807) is 0 Å². The van der Waals surface area contributed by atoms with Gasteiger partial charge in [0.25, 0.3) is 0 Å². The van der Waals surface area contributed by atoms with Crippen LogP contribution in [0, 0.1) is 12.3 Å². The third kappa shape index (κ3) is 3.02. The molecular weight excluding hydrogens is 238 g/mol. The number of aryl methyl sites for hydroxylation is 1. The predicted octanol–water partition coefficient (Wildman–Crippen LogP) is 3.01. The molecule has 0 aliphatic rings. The smallest absolute Gasteiger partial charge is 0.141 e. The minimum Gasteiger partial charge on any atom is -0.494 e. The van der Waals surface area contributed by atoms with Crippen molar-refractivity contribution in [3.63, 3.8) is 0 Å². The summed E-state index contributed by atoms with van der Waals surface area (Å²) in [5.74, 6) is 0.856. The van der Waals surface area contributed by atoms with Crippen LogP contribution >= 0.6 is 0 Å². The maximum absolute atomic E-state index is 7.45. The van der Waals surface area contributed by atoms with Crippen LogP contribution in [0.1, 0.15) is 31.0 Å².